The Hall–Kier alpha value is -1.65. The molecule has 3 aromatic carbocycles. The summed E-state index contributed by atoms with van der Waals surface area (Å²) in [6, 6.07) is 20.9. The lowest BCUT2D eigenvalue weighted by Gasteiger charge is -2.25. The molecule has 0 aliphatic carbocycles. The van der Waals surface area contributed by atoms with Crippen molar-refractivity contribution < 1.29 is 14.1 Å². The predicted octanol–water partition coefficient (Wildman–Crippen LogP) is 7.37. The van der Waals surface area contributed by atoms with Crippen LogP contribution < -0.4 is 9.61 Å². The van der Waals surface area contributed by atoms with E-state index in [-0.39, 0.29) is 18.0 Å². The molecule has 0 aromatic heterocycles. The number of rotatable bonds is 8. The predicted molar refractivity (Wildman–Crippen MR) is 128 cm³/mol. The fraction of sp³-hybridized carbons (Fsp3) is 0.261. The third-order valence-corrected chi connectivity index (χ3v) is 6.59. The monoisotopic (exact) mass is 507 g/mol. The molecule has 0 bridgehead atoms. The van der Waals surface area contributed by atoms with Gasteiger partial charge in [-0.1, -0.05) is 78.3 Å². The van der Waals surface area contributed by atoms with Gasteiger partial charge in [-0.2, -0.15) is 0 Å². The Labute approximate surface area is 191 Å². The quantitative estimate of drug-likeness (QED) is 0.255. The van der Waals surface area contributed by atoms with Crippen LogP contribution in [-0.2, 0) is 9.53 Å². The van der Waals surface area contributed by atoms with Crippen LogP contribution in [0.4, 0.5) is 0 Å². The zero-order valence-corrected chi connectivity index (χ0v) is 20.2. The number of halogens is 2. The summed E-state index contributed by atoms with van der Waals surface area (Å²) in [5, 5.41) is 5.16. The molecule has 0 spiro atoms. The van der Waals surface area contributed by atoms with Gasteiger partial charge >= 0.3 is 5.97 Å². The topological polar surface area (TPSA) is 47.6 Å². The van der Waals surface area contributed by atoms with E-state index in [9.17, 15) is 4.79 Å². The summed E-state index contributed by atoms with van der Waals surface area (Å²) in [5.74, 6) is 0.311. The van der Waals surface area contributed by atoms with Crippen molar-refractivity contribution in [3.05, 3.63) is 76.8 Å². The molecule has 3 unspecified atom stereocenters. The molecule has 3 aromatic rings. The smallest absolute Gasteiger partial charge is 0.324 e. The summed E-state index contributed by atoms with van der Waals surface area (Å²) >= 11 is 9.90. The van der Waals surface area contributed by atoms with Crippen molar-refractivity contribution in [3.8, 4) is 5.75 Å². The number of esters is 1. The molecule has 4 nitrogen and oxygen atoms in total. The fourth-order valence-corrected chi connectivity index (χ4v) is 4.83. The molecule has 0 amide bonds. The Morgan fingerprint density at radius 1 is 1.00 bits per heavy atom. The SMILES string of the molecule is CC(OC(=O)C(NP(Cl)Oc1cccc2ccccc12)C(C)C)c1ccc(Br)cc1. The van der Waals surface area contributed by atoms with Crippen LogP contribution in [0.25, 0.3) is 10.8 Å². The van der Waals surface area contributed by atoms with Crippen molar-refractivity contribution in [2.45, 2.75) is 32.9 Å². The third-order valence-electron chi connectivity index (χ3n) is 4.72. The minimum Gasteiger partial charge on any atom is -0.457 e. The number of carbonyl (C=O) groups excluding carboxylic acids is 1. The van der Waals surface area contributed by atoms with Crippen molar-refractivity contribution in [2.75, 3.05) is 0 Å². The first kappa shape index (κ1) is 23.0. The molecule has 1 N–H and O–H groups in total. The molecular weight excluding hydrogens is 485 g/mol. The van der Waals surface area contributed by atoms with Gasteiger partial charge in [0, 0.05) is 9.86 Å². The maximum absolute atomic E-state index is 12.8. The number of ether oxygens (including phenoxy) is 1. The van der Waals surface area contributed by atoms with Gasteiger partial charge in [-0.05, 0) is 53.2 Å². The molecule has 158 valence electrons. The maximum Gasteiger partial charge on any atom is 0.324 e. The molecule has 0 fully saturated rings. The lowest BCUT2D eigenvalue weighted by molar-refractivity contribution is -0.151. The molecule has 3 atom stereocenters. The Balaban J connectivity index is 1.66. The number of hydrogen-bond acceptors (Lipinski definition) is 4. The molecule has 30 heavy (non-hydrogen) atoms. The first-order chi connectivity index (χ1) is 14.3. The summed E-state index contributed by atoms with van der Waals surface area (Å²) in [5.41, 5.74) is 0.925. The minimum atomic E-state index is -1.60. The molecule has 0 heterocycles. The van der Waals surface area contributed by atoms with Crippen LogP contribution in [0.1, 0.15) is 32.4 Å². The van der Waals surface area contributed by atoms with Crippen LogP contribution in [-0.4, -0.2) is 12.0 Å². The summed E-state index contributed by atoms with van der Waals surface area (Å²) in [7, 11) is -1.60. The first-order valence-electron chi connectivity index (χ1n) is 9.69. The average molecular weight is 509 g/mol. The van der Waals surface area contributed by atoms with Crippen molar-refractivity contribution in [1.82, 2.24) is 5.09 Å². The minimum absolute atomic E-state index is 0.0190. The number of nitrogens with one attached hydrogen (secondary N) is 1. The van der Waals surface area contributed by atoms with Crippen molar-refractivity contribution in [2.24, 2.45) is 5.92 Å². The lowest BCUT2D eigenvalue weighted by Crippen LogP contribution is -2.39. The van der Waals surface area contributed by atoms with Gasteiger partial charge in [0.2, 0.25) is 0 Å². The Bertz CT molecular complexity index is 994. The van der Waals surface area contributed by atoms with Gasteiger partial charge in [-0.3, -0.25) is 4.79 Å². The van der Waals surface area contributed by atoms with Crippen LogP contribution in [0.2, 0.25) is 0 Å². The molecule has 0 radical (unpaired) electrons. The van der Waals surface area contributed by atoms with E-state index in [0.29, 0.717) is 5.75 Å². The van der Waals surface area contributed by atoms with Gasteiger partial charge in [0.1, 0.15) is 17.9 Å². The van der Waals surface area contributed by atoms with E-state index < -0.39 is 13.7 Å². The normalized spacial score (nSPS) is 14.3. The van der Waals surface area contributed by atoms with Gasteiger partial charge in [0.15, 0.2) is 0 Å². The van der Waals surface area contributed by atoms with Crippen LogP contribution in [0.5, 0.6) is 5.75 Å². The highest BCUT2D eigenvalue weighted by molar-refractivity contribution is 9.10. The Morgan fingerprint density at radius 3 is 2.37 bits per heavy atom. The standard InChI is InChI=1S/C23H24BrClNO3P/c1-15(2)22(23(27)28-16(3)17-11-13-19(24)14-12-17)26-30(25)29-21-10-6-8-18-7-4-5-9-20(18)21/h4-16,22,26H,1-3H3. The van der Waals surface area contributed by atoms with Crippen LogP contribution in [0, 0.1) is 5.92 Å². The third kappa shape index (κ3) is 5.95. The molecule has 7 heteroatoms. The van der Waals surface area contributed by atoms with Gasteiger partial charge in [0.05, 0.1) is 0 Å². The molecule has 0 aliphatic rings. The zero-order chi connectivity index (χ0) is 21.7. The molecular formula is C23H24BrClNO3P. The second kappa shape index (κ2) is 10.6. The van der Waals surface area contributed by atoms with E-state index >= 15 is 0 Å². The second-order valence-electron chi connectivity index (χ2n) is 7.29. The van der Waals surface area contributed by atoms with Crippen molar-refractivity contribution >= 4 is 51.6 Å². The van der Waals surface area contributed by atoms with E-state index in [1.54, 1.807) is 0 Å². The van der Waals surface area contributed by atoms with Gasteiger partial charge in [0.25, 0.3) is 7.65 Å². The largest absolute Gasteiger partial charge is 0.457 e. The van der Waals surface area contributed by atoms with Crippen molar-refractivity contribution in [3.63, 3.8) is 0 Å². The number of hydrogen-bond donors (Lipinski definition) is 1. The lowest BCUT2D eigenvalue weighted by atomic mass is 10.1. The number of fused-ring (bicyclic) bond motifs is 1. The Morgan fingerprint density at radius 2 is 1.67 bits per heavy atom. The molecule has 0 aliphatic heterocycles. The van der Waals surface area contributed by atoms with E-state index in [2.05, 4.69) is 21.0 Å². The van der Waals surface area contributed by atoms with E-state index in [1.165, 1.54) is 0 Å². The zero-order valence-electron chi connectivity index (χ0n) is 17.0. The summed E-state index contributed by atoms with van der Waals surface area (Å²) in [6.07, 6.45) is -0.366. The van der Waals surface area contributed by atoms with Gasteiger partial charge in [-0.25, -0.2) is 5.09 Å². The van der Waals surface area contributed by atoms with Gasteiger partial charge in [-0.15, -0.1) is 0 Å². The van der Waals surface area contributed by atoms with E-state index in [0.717, 1.165) is 20.8 Å². The van der Waals surface area contributed by atoms with Crippen LogP contribution in [0.3, 0.4) is 0 Å². The van der Waals surface area contributed by atoms with E-state index in [1.807, 2.05) is 87.5 Å². The first-order valence-corrected chi connectivity index (χ1v) is 12.6. The molecule has 0 saturated carbocycles. The van der Waals surface area contributed by atoms with Crippen LogP contribution in [0.15, 0.2) is 71.2 Å². The second-order valence-corrected chi connectivity index (χ2v) is 10.1. The average Bonchev–Trinajstić information content (AvgIpc) is 2.72. The Kier molecular flexibility index (Phi) is 8.13. The van der Waals surface area contributed by atoms with Gasteiger partial charge < -0.3 is 9.26 Å². The van der Waals surface area contributed by atoms with E-state index in [4.69, 9.17) is 20.5 Å². The van der Waals surface area contributed by atoms with Crippen LogP contribution >= 0.6 is 34.8 Å². The van der Waals surface area contributed by atoms with Crippen molar-refractivity contribution in [1.29, 1.82) is 0 Å². The highest BCUT2D eigenvalue weighted by Crippen LogP contribution is 2.42. The highest BCUT2D eigenvalue weighted by atomic mass is 79.9. The summed E-state index contributed by atoms with van der Waals surface area (Å²) in [6.45, 7) is 5.75. The summed E-state index contributed by atoms with van der Waals surface area (Å²) in [4.78, 5) is 12.8. The number of carbonyl (C=O) groups is 1. The highest BCUT2D eigenvalue weighted by Gasteiger charge is 2.29. The molecule has 3 rings (SSSR count). The number of benzene rings is 3. The summed E-state index contributed by atoms with van der Waals surface area (Å²) < 4.78 is 12.6. The fourth-order valence-electron chi connectivity index (χ4n) is 3.02. The molecule has 0 saturated heterocycles. The maximum atomic E-state index is 12.8.